The number of hydrogen-bond acceptors (Lipinski definition) is 3. The molecule has 2 N–H and O–H groups in total. The maximum Gasteiger partial charge on any atom is 0.393 e. The van der Waals surface area contributed by atoms with Crippen molar-refractivity contribution in [2.45, 2.75) is 31.5 Å². The summed E-state index contributed by atoms with van der Waals surface area (Å²) < 4.78 is 39.7. The number of alkyl halides is 3. The number of anilines is 1. The number of rotatable bonds is 4. The molecule has 1 amide bonds. The van der Waals surface area contributed by atoms with E-state index < -0.39 is 18.5 Å². The molecule has 1 fully saturated rings. The van der Waals surface area contributed by atoms with Gasteiger partial charge in [0.25, 0.3) is 5.91 Å². The summed E-state index contributed by atoms with van der Waals surface area (Å²) in [5, 5.41) is 10.1. The Morgan fingerprint density at radius 1 is 1.32 bits per heavy atom. The molecular weight excluding hydrogens is 333 g/mol. The highest BCUT2D eigenvalue weighted by Crippen LogP contribution is 2.26. The van der Waals surface area contributed by atoms with E-state index in [0.717, 1.165) is 25.9 Å². The molecule has 1 unspecified atom stereocenters. The first-order valence-electron chi connectivity index (χ1n) is 8.14. The lowest BCUT2D eigenvalue weighted by atomic mass is 10.1. The number of nitrogens with one attached hydrogen (secondary N) is 2. The van der Waals surface area contributed by atoms with Crippen molar-refractivity contribution in [1.29, 1.82) is 0 Å². The number of halogens is 3. The third-order valence-corrected chi connectivity index (χ3v) is 4.14. The van der Waals surface area contributed by atoms with Crippen molar-refractivity contribution in [2.75, 3.05) is 18.4 Å². The van der Waals surface area contributed by atoms with Crippen molar-refractivity contribution in [3.8, 4) is 0 Å². The second kappa shape index (κ2) is 7.26. The Kier molecular flexibility index (Phi) is 5.08. The number of carbonyl (C=O) groups excluding carboxylic acids is 1. The molecule has 0 saturated carbocycles. The van der Waals surface area contributed by atoms with Gasteiger partial charge >= 0.3 is 6.18 Å². The fourth-order valence-corrected chi connectivity index (χ4v) is 2.92. The van der Waals surface area contributed by atoms with Gasteiger partial charge in [-0.1, -0.05) is 18.2 Å². The SMILES string of the molecule is O=C(Nc1ccccc1CC(F)(F)F)c1ccn(C2CCCNC2)n1. The fourth-order valence-electron chi connectivity index (χ4n) is 2.92. The van der Waals surface area contributed by atoms with Crippen LogP contribution in [0.1, 0.15) is 34.9 Å². The van der Waals surface area contributed by atoms with Crippen LogP contribution in [0.4, 0.5) is 18.9 Å². The first kappa shape index (κ1) is 17.5. The Balaban J connectivity index is 1.71. The van der Waals surface area contributed by atoms with Crippen LogP contribution in [0.3, 0.4) is 0 Å². The molecule has 8 heteroatoms. The summed E-state index contributed by atoms with van der Waals surface area (Å²) in [4.78, 5) is 12.3. The zero-order valence-corrected chi connectivity index (χ0v) is 13.5. The minimum absolute atomic E-state index is 0.0271. The Morgan fingerprint density at radius 3 is 2.84 bits per heavy atom. The minimum atomic E-state index is -4.34. The topological polar surface area (TPSA) is 59.0 Å². The van der Waals surface area contributed by atoms with Crippen LogP contribution in [0.5, 0.6) is 0 Å². The van der Waals surface area contributed by atoms with Crippen molar-refractivity contribution in [3.63, 3.8) is 0 Å². The van der Waals surface area contributed by atoms with Gasteiger partial charge in [-0.25, -0.2) is 0 Å². The van der Waals surface area contributed by atoms with Gasteiger partial charge in [-0.2, -0.15) is 18.3 Å². The summed E-state index contributed by atoms with van der Waals surface area (Å²) in [5.41, 5.74) is 0.366. The lowest BCUT2D eigenvalue weighted by molar-refractivity contribution is -0.127. The van der Waals surface area contributed by atoms with E-state index in [9.17, 15) is 18.0 Å². The average Bonchev–Trinajstić information content (AvgIpc) is 3.06. The van der Waals surface area contributed by atoms with Gasteiger partial charge in [0.1, 0.15) is 0 Å². The quantitative estimate of drug-likeness (QED) is 0.889. The van der Waals surface area contributed by atoms with E-state index in [2.05, 4.69) is 15.7 Å². The molecule has 0 radical (unpaired) electrons. The van der Waals surface area contributed by atoms with Crippen LogP contribution in [-0.2, 0) is 6.42 Å². The van der Waals surface area contributed by atoms with Crippen LogP contribution in [0.25, 0.3) is 0 Å². The number of aromatic nitrogens is 2. The van der Waals surface area contributed by atoms with E-state index in [1.807, 2.05) is 0 Å². The van der Waals surface area contributed by atoms with Crippen LogP contribution in [-0.4, -0.2) is 35.0 Å². The van der Waals surface area contributed by atoms with E-state index in [1.54, 1.807) is 23.0 Å². The lowest BCUT2D eigenvalue weighted by Crippen LogP contribution is -2.32. The molecule has 25 heavy (non-hydrogen) atoms. The first-order chi connectivity index (χ1) is 11.9. The smallest absolute Gasteiger partial charge is 0.320 e. The number of benzene rings is 1. The molecular formula is C17H19F3N4O. The predicted molar refractivity (Wildman–Crippen MR) is 87.5 cm³/mol. The zero-order valence-electron chi connectivity index (χ0n) is 13.5. The summed E-state index contributed by atoms with van der Waals surface area (Å²) in [7, 11) is 0. The van der Waals surface area contributed by atoms with Crippen LogP contribution >= 0.6 is 0 Å². The van der Waals surface area contributed by atoms with E-state index >= 15 is 0 Å². The molecule has 0 spiro atoms. The Labute approximate surface area is 143 Å². The fraction of sp³-hybridized carbons (Fsp3) is 0.412. The third kappa shape index (κ3) is 4.60. The monoisotopic (exact) mass is 352 g/mol. The standard InChI is InChI=1S/C17H19F3N4O/c18-17(19,20)10-12-4-1-2-6-14(12)22-16(25)15-7-9-24(23-15)13-5-3-8-21-11-13/h1-2,4,6-7,9,13,21H,3,5,8,10-11H2,(H,22,25). The molecule has 5 nitrogen and oxygen atoms in total. The normalized spacial score (nSPS) is 18.1. The van der Waals surface area contributed by atoms with Gasteiger partial charge in [0, 0.05) is 18.4 Å². The number of nitrogens with zero attached hydrogens (tertiary/aromatic N) is 2. The van der Waals surface area contributed by atoms with Gasteiger partial charge in [-0.05, 0) is 37.1 Å². The summed E-state index contributed by atoms with van der Waals surface area (Å²) in [6.45, 7) is 1.76. The maximum absolute atomic E-state index is 12.7. The molecule has 1 saturated heterocycles. The molecule has 1 atom stereocenters. The van der Waals surface area contributed by atoms with E-state index in [0.29, 0.717) is 0 Å². The second-order valence-electron chi connectivity index (χ2n) is 6.08. The van der Waals surface area contributed by atoms with Gasteiger partial charge in [-0.15, -0.1) is 0 Å². The molecule has 134 valence electrons. The van der Waals surface area contributed by atoms with Gasteiger partial charge in [0.15, 0.2) is 5.69 Å². The Morgan fingerprint density at radius 2 is 2.12 bits per heavy atom. The highest BCUT2D eigenvalue weighted by atomic mass is 19.4. The number of hydrogen-bond donors (Lipinski definition) is 2. The Bertz CT molecular complexity index is 735. The largest absolute Gasteiger partial charge is 0.393 e. The molecule has 0 bridgehead atoms. The van der Waals surface area contributed by atoms with Gasteiger partial charge in [0.2, 0.25) is 0 Å². The lowest BCUT2D eigenvalue weighted by Gasteiger charge is -2.22. The maximum atomic E-state index is 12.7. The van der Waals surface area contributed by atoms with Gasteiger partial charge in [-0.3, -0.25) is 9.48 Å². The molecule has 1 aromatic heterocycles. The molecule has 2 aromatic rings. The molecule has 3 rings (SSSR count). The van der Waals surface area contributed by atoms with Crippen LogP contribution in [0.2, 0.25) is 0 Å². The summed E-state index contributed by atoms with van der Waals surface area (Å²) in [6, 6.07) is 7.68. The highest BCUT2D eigenvalue weighted by Gasteiger charge is 2.29. The van der Waals surface area contributed by atoms with Crippen molar-refractivity contribution >= 4 is 11.6 Å². The number of carbonyl (C=O) groups is 1. The van der Waals surface area contributed by atoms with Crippen molar-refractivity contribution in [3.05, 3.63) is 47.8 Å². The highest BCUT2D eigenvalue weighted by molar-refractivity contribution is 6.03. The van der Waals surface area contributed by atoms with Crippen molar-refractivity contribution in [1.82, 2.24) is 15.1 Å². The van der Waals surface area contributed by atoms with E-state index in [1.165, 1.54) is 18.2 Å². The number of piperidine rings is 1. The number of para-hydroxylation sites is 1. The number of amides is 1. The second-order valence-corrected chi connectivity index (χ2v) is 6.08. The minimum Gasteiger partial charge on any atom is -0.320 e. The summed E-state index contributed by atoms with van der Waals surface area (Å²) in [6.07, 6.45) is -1.68. The molecule has 1 aromatic carbocycles. The van der Waals surface area contributed by atoms with Crippen molar-refractivity contribution < 1.29 is 18.0 Å². The van der Waals surface area contributed by atoms with Gasteiger partial charge < -0.3 is 10.6 Å². The van der Waals surface area contributed by atoms with Crippen LogP contribution in [0.15, 0.2) is 36.5 Å². The molecule has 0 aliphatic carbocycles. The van der Waals surface area contributed by atoms with Crippen LogP contribution < -0.4 is 10.6 Å². The molecule has 2 heterocycles. The van der Waals surface area contributed by atoms with E-state index in [-0.39, 0.29) is 23.0 Å². The first-order valence-corrected chi connectivity index (χ1v) is 8.14. The molecule has 1 aliphatic rings. The average molecular weight is 352 g/mol. The zero-order chi connectivity index (χ0) is 17.9. The summed E-state index contributed by atoms with van der Waals surface area (Å²) in [5.74, 6) is -0.517. The summed E-state index contributed by atoms with van der Waals surface area (Å²) >= 11 is 0. The van der Waals surface area contributed by atoms with Crippen LogP contribution in [0, 0.1) is 0 Å². The third-order valence-electron chi connectivity index (χ3n) is 4.14. The Hall–Kier alpha value is -2.35. The van der Waals surface area contributed by atoms with Crippen molar-refractivity contribution in [2.24, 2.45) is 0 Å². The van der Waals surface area contributed by atoms with Gasteiger partial charge in [0.05, 0.1) is 12.5 Å². The van der Waals surface area contributed by atoms with E-state index in [4.69, 9.17) is 0 Å². The predicted octanol–water partition coefficient (Wildman–Crippen LogP) is 3.16. The molecule has 1 aliphatic heterocycles.